The summed E-state index contributed by atoms with van der Waals surface area (Å²) in [5.74, 6) is 5.40. The summed E-state index contributed by atoms with van der Waals surface area (Å²) in [7, 11) is -0.119. The number of hydrogen-bond acceptors (Lipinski definition) is 6. The Balaban J connectivity index is 2.43. The van der Waals surface area contributed by atoms with E-state index in [9.17, 15) is 8.42 Å². The maximum atomic E-state index is 12.5. The quantitative estimate of drug-likeness (QED) is 0.567. The third-order valence-corrected chi connectivity index (χ3v) is 4.22. The SMILES string of the molecule is CN(C)c1ccccc1NS(=O)(=O)c1cccnc1NN. The zero-order valence-corrected chi connectivity index (χ0v) is 12.6. The zero-order valence-electron chi connectivity index (χ0n) is 11.7. The molecule has 0 fully saturated rings. The summed E-state index contributed by atoms with van der Waals surface area (Å²) in [5.41, 5.74) is 3.52. The van der Waals surface area contributed by atoms with Crippen LogP contribution in [0.25, 0.3) is 0 Å². The highest BCUT2D eigenvalue weighted by Crippen LogP contribution is 2.27. The maximum Gasteiger partial charge on any atom is 0.265 e. The van der Waals surface area contributed by atoms with Gasteiger partial charge < -0.3 is 10.3 Å². The first-order valence-corrected chi connectivity index (χ1v) is 7.65. The molecule has 0 aliphatic carbocycles. The van der Waals surface area contributed by atoms with Gasteiger partial charge in [-0.05, 0) is 24.3 Å². The number of hydrogen-bond donors (Lipinski definition) is 3. The third-order valence-electron chi connectivity index (χ3n) is 2.83. The predicted octanol–water partition coefficient (Wildman–Crippen LogP) is 1.23. The number of aromatic nitrogens is 1. The second-order valence-corrected chi connectivity index (χ2v) is 6.16. The summed E-state index contributed by atoms with van der Waals surface area (Å²) in [6, 6.07) is 10.1. The summed E-state index contributed by atoms with van der Waals surface area (Å²) in [4.78, 5) is 5.71. The van der Waals surface area contributed by atoms with Gasteiger partial charge in [0.25, 0.3) is 10.0 Å². The molecule has 0 amide bonds. The van der Waals surface area contributed by atoms with Crippen LogP contribution >= 0.6 is 0 Å². The Morgan fingerprint density at radius 3 is 2.52 bits per heavy atom. The van der Waals surface area contributed by atoms with E-state index >= 15 is 0 Å². The van der Waals surface area contributed by atoms with Crippen LogP contribution in [0.15, 0.2) is 47.5 Å². The molecule has 0 saturated heterocycles. The Hall–Kier alpha value is -2.32. The first kappa shape index (κ1) is 15.1. The number of para-hydroxylation sites is 2. The Kier molecular flexibility index (Phi) is 4.29. The van der Waals surface area contributed by atoms with Gasteiger partial charge in [0.1, 0.15) is 4.90 Å². The maximum absolute atomic E-state index is 12.5. The minimum Gasteiger partial charge on any atom is -0.376 e. The van der Waals surface area contributed by atoms with Crippen molar-refractivity contribution in [1.29, 1.82) is 0 Å². The summed E-state index contributed by atoms with van der Waals surface area (Å²) in [5, 5.41) is 0. The first-order valence-electron chi connectivity index (χ1n) is 6.16. The Morgan fingerprint density at radius 1 is 1.14 bits per heavy atom. The monoisotopic (exact) mass is 307 g/mol. The van der Waals surface area contributed by atoms with Crippen LogP contribution < -0.4 is 20.9 Å². The van der Waals surface area contributed by atoms with E-state index in [0.717, 1.165) is 5.69 Å². The van der Waals surface area contributed by atoms with Crippen LogP contribution in [0.2, 0.25) is 0 Å². The lowest BCUT2D eigenvalue weighted by molar-refractivity contribution is 0.601. The minimum absolute atomic E-state index is 0.0129. The molecule has 7 nitrogen and oxygen atoms in total. The topological polar surface area (TPSA) is 100 Å². The highest BCUT2D eigenvalue weighted by atomic mass is 32.2. The smallest absolute Gasteiger partial charge is 0.265 e. The van der Waals surface area contributed by atoms with Gasteiger partial charge in [-0.15, -0.1) is 0 Å². The third kappa shape index (κ3) is 3.23. The fraction of sp³-hybridized carbons (Fsp3) is 0.154. The standard InChI is InChI=1S/C13H17N5O2S/c1-18(2)11-7-4-3-6-10(11)17-21(19,20)12-8-5-9-15-13(12)16-14/h3-9,17H,14H2,1-2H3,(H,15,16). The van der Waals surface area contributed by atoms with Crippen LogP contribution in [0.1, 0.15) is 0 Å². The normalized spacial score (nSPS) is 11.0. The molecule has 2 rings (SSSR count). The van der Waals surface area contributed by atoms with Crippen molar-refractivity contribution in [2.75, 3.05) is 29.1 Å². The second-order valence-electron chi connectivity index (χ2n) is 4.51. The highest BCUT2D eigenvalue weighted by Gasteiger charge is 2.20. The number of nitrogens with two attached hydrogens (primary N) is 1. The van der Waals surface area contributed by atoms with Crippen LogP contribution in [0.5, 0.6) is 0 Å². The number of sulfonamides is 1. The van der Waals surface area contributed by atoms with Crippen molar-refractivity contribution in [3.63, 3.8) is 0 Å². The average molecular weight is 307 g/mol. The van der Waals surface area contributed by atoms with Crippen molar-refractivity contribution in [2.24, 2.45) is 5.84 Å². The number of hydrazine groups is 1. The van der Waals surface area contributed by atoms with Gasteiger partial charge in [0.15, 0.2) is 5.82 Å². The molecule has 0 unspecified atom stereocenters. The van der Waals surface area contributed by atoms with Gasteiger partial charge in [-0.3, -0.25) is 4.72 Å². The van der Waals surface area contributed by atoms with Gasteiger partial charge in [-0.2, -0.15) is 0 Å². The molecule has 2 aromatic rings. The highest BCUT2D eigenvalue weighted by molar-refractivity contribution is 7.92. The number of nitrogens with zero attached hydrogens (tertiary/aromatic N) is 2. The molecule has 0 aliphatic heterocycles. The Morgan fingerprint density at radius 2 is 1.86 bits per heavy atom. The average Bonchev–Trinajstić information content (AvgIpc) is 2.47. The number of nitrogen functional groups attached to an aromatic ring is 1. The molecule has 0 bridgehead atoms. The fourth-order valence-corrected chi connectivity index (χ4v) is 3.06. The molecule has 0 spiro atoms. The summed E-state index contributed by atoms with van der Waals surface area (Å²) >= 11 is 0. The van der Waals surface area contributed by atoms with Crippen molar-refractivity contribution in [2.45, 2.75) is 4.90 Å². The number of rotatable bonds is 5. The Labute approximate surface area is 123 Å². The molecule has 0 saturated carbocycles. The molecule has 1 aromatic carbocycles. The van der Waals surface area contributed by atoms with Gasteiger partial charge in [0, 0.05) is 20.3 Å². The number of benzene rings is 1. The molecule has 1 aromatic heterocycles. The number of anilines is 3. The summed E-state index contributed by atoms with van der Waals surface area (Å²) in [6.07, 6.45) is 1.46. The molecular weight excluding hydrogens is 290 g/mol. The molecule has 1 heterocycles. The molecule has 21 heavy (non-hydrogen) atoms. The van der Waals surface area contributed by atoms with Crippen molar-refractivity contribution in [3.05, 3.63) is 42.6 Å². The lowest BCUT2D eigenvalue weighted by Crippen LogP contribution is -2.20. The predicted molar refractivity (Wildman–Crippen MR) is 83.6 cm³/mol. The largest absolute Gasteiger partial charge is 0.376 e. The molecule has 0 radical (unpaired) electrons. The van der Waals surface area contributed by atoms with E-state index in [1.165, 1.54) is 18.3 Å². The Bertz CT molecular complexity index is 731. The van der Waals surface area contributed by atoms with Crippen molar-refractivity contribution >= 4 is 27.2 Å². The van der Waals surface area contributed by atoms with E-state index < -0.39 is 10.0 Å². The van der Waals surface area contributed by atoms with E-state index in [1.54, 1.807) is 12.1 Å². The van der Waals surface area contributed by atoms with E-state index in [2.05, 4.69) is 15.1 Å². The fourth-order valence-electron chi connectivity index (χ4n) is 1.87. The summed E-state index contributed by atoms with van der Waals surface area (Å²) in [6.45, 7) is 0. The van der Waals surface area contributed by atoms with Crippen LogP contribution in [0.4, 0.5) is 17.2 Å². The van der Waals surface area contributed by atoms with Crippen LogP contribution in [-0.2, 0) is 10.0 Å². The van der Waals surface area contributed by atoms with E-state index in [4.69, 9.17) is 5.84 Å². The van der Waals surface area contributed by atoms with E-state index in [-0.39, 0.29) is 10.7 Å². The molecule has 4 N–H and O–H groups in total. The number of pyridine rings is 1. The van der Waals surface area contributed by atoms with Gasteiger partial charge in [0.05, 0.1) is 11.4 Å². The lowest BCUT2D eigenvalue weighted by Gasteiger charge is -2.18. The van der Waals surface area contributed by atoms with Gasteiger partial charge in [-0.25, -0.2) is 19.2 Å². The van der Waals surface area contributed by atoms with Crippen molar-refractivity contribution in [1.82, 2.24) is 4.98 Å². The lowest BCUT2D eigenvalue weighted by atomic mass is 10.2. The zero-order chi connectivity index (χ0) is 15.5. The van der Waals surface area contributed by atoms with Gasteiger partial charge in [-0.1, -0.05) is 12.1 Å². The molecular formula is C13H17N5O2S. The van der Waals surface area contributed by atoms with Crippen LogP contribution in [0, 0.1) is 0 Å². The molecule has 8 heteroatoms. The van der Waals surface area contributed by atoms with E-state index in [1.807, 2.05) is 31.1 Å². The van der Waals surface area contributed by atoms with Crippen LogP contribution in [-0.4, -0.2) is 27.5 Å². The van der Waals surface area contributed by atoms with Crippen molar-refractivity contribution in [3.8, 4) is 0 Å². The van der Waals surface area contributed by atoms with Gasteiger partial charge >= 0.3 is 0 Å². The molecule has 0 aliphatic rings. The van der Waals surface area contributed by atoms with Gasteiger partial charge in [0.2, 0.25) is 0 Å². The first-order chi connectivity index (χ1) is 9.95. The van der Waals surface area contributed by atoms with E-state index in [0.29, 0.717) is 5.69 Å². The minimum atomic E-state index is -3.79. The molecule has 112 valence electrons. The van der Waals surface area contributed by atoms with Crippen molar-refractivity contribution < 1.29 is 8.42 Å². The molecule has 0 atom stereocenters. The van der Waals surface area contributed by atoms with Crippen LogP contribution in [0.3, 0.4) is 0 Å². The number of nitrogens with one attached hydrogen (secondary N) is 2. The second kappa shape index (κ2) is 5.98. The summed E-state index contributed by atoms with van der Waals surface area (Å²) < 4.78 is 27.5.